The average Bonchev–Trinajstić information content (AvgIpc) is 2.85. The predicted molar refractivity (Wildman–Crippen MR) is 79.6 cm³/mol. The van der Waals surface area contributed by atoms with Gasteiger partial charge in [0.05, 0.1) is 11.0 Å². The minimum absolute atomic E-state index is 0.351. The largest absolute Gasteiger partial charge is 0.338 e. The normalized spacial score (nSPS) is 10.4. The van der Waals surface area contributed by atoms with Gasteiger partial charge in [0.25, 0.3) is 0 Å². The smallest absolute Gasteiger partial charge is 0.307 e. The Morgan fingerprint density at radius 2 is 1.85 bits per heavy atom. The lowest BCUT2D eigenvalue weighted by Crippen LogP contribution is -2.27. The zero-order valence-electron chi connectivity index (χ0n) is 10.4. The van der Waals surface area contributed by atoms with Crippen LogP contribution in [0.3, 0.4) is 0 Å². The molecule has 2 N–H and O–H groups in total. The number of amides is 2. The molecule has 0 atom stereocenters. The third kappa shape index (κ3) is 2.57. The highest BCUT2D eigenvalue weighted by Crippen LogP contribution is 2.14. The van der Waals surface area contributed by atoms with Crippen molar-refractivity contribution in [3.63, 3.8) is 0 Å². The molecular formula is C14H11ClN4O. The summed E-state index contributed by atoms with van der Waals surface area (Å²) in [7, 11) is 0. The number of rotatable bonds is 2. The minimum Gasteiger partial charge on any atom is -0.307 e. The number of urea groups is 1. The first kappa shape index (κ1) is 12.5. The van der Waals surface area contributed by atoms with Crippen LogP contribution in [-0.2, 0) is 0 Å². The molecule has 0 radical (unpaired) electrons. The number of para-hydroxylation sites is 2. The second kappa shape index (κ2) is 5.22. The van der Waals surface area contributed by atoms with Gasteiger partial charge in [-0.3, -0.25) is 0 Å². The quantitative estimate of drug-likeness (QED) is 0.758. The van der Waals surface area contributed by atoms with E-state index in [1.807, 2.05) is 24.3 Å². The summed E-state index contributed by atoms with van der Waals surface area (Å²) in [6, 6.07) is 14.1. The first-order valence-corrected chi connectivity index (χ1v) is 6.36. The maximum absolute atomic E-state index is 11.9. The monoisotopic (exact) mass is 286 g/mol. The zero-order valence-corrected chi connectivity index (χ0v) is 11.1. The Morgan fingerprint density at radius 1 is 1.10 bits per heavy atom. The second-order valence-electron chi connectivity index (χ2n) is 4.18. The van der Waals surface area contributed by atoms with E-state index < -0.39 is 0 Å². The number of hydrogen-bond acceptors (Lipinski definition) is 2. The van der Waals surface area contributed by atoms with Gasteiger partial charge in [-0.15, -0.1) is 0 Å². The van der Waals surface area contributed by atoms with Crippen molar-refractivity contribution >= 4 is 34.4 Å². The Hall–Kier alpha value is -2.53. The number of nitrogens with one attached hydrogen (secondary N) is 2. The van der Waals surface area contributed by atoms with Gasteiger partial charge in [-0.2, -0.15) is 0 Å². The SMILES string of the molecule is O=C(Nc1ccc(Cl)cc1)Nn1cnc2ccccc21. The highest BCUT2D eigenvalue weighted by atomic mass is 35.5. The van der Waals surface area contributed by atoms with Crippen LogP contribution in [0.2, 0.25) is 5.02 Å². The number of benzene rings is 2. The summed E-state index contributed by atoms with van der Waals surface area (Å²) in [5, 5.41) is 3.34. The molecule has 1 heterocycles. The topological polar surface area (TPSA) is 59.0 Å². The Kier molecular flexibility index (Phi) is 3.26. The number of halogens is 1. The van der Waals surface area contributed by atoms with Gasteiger partial charge >= 0.3 is 6.03 Å². The van der Waals surface area contributed by atoms with Crippen molar-refractivity contribution in [1.82, 2.24) is 9.66 Å². The highest BCUT2D eigenvalue weighted by molar-refractivity contribution is 6.30. The van der Waals surface area contributed by atoms with Crippen molar-refractivity contribution in [2.45, 2.75) is 0 Å². The molecule has 0 spiro atoms. The predicted octanol–water partition coefficient (Wildman–Crippen LogP) is 3.47. The van der Waals surface area contributed by atoms with Gasteiger partial charge in [0, 0.05) is 10.7 Å². The molecule has 20 heavy (non-hydrogen) atoms. The summed E-state index contributed by atoms with van der Waals surface area (Å²) >= 11 is 5.79. The molecule has 0 aliphatic heterocycles. The molecule has 0 aliphatic carbocycles. The molecule has 0 unspecified atom stereocenters. The fourth-order valence-electron chi connectivity index (χ4n) is 1.85. The van der Waals surface area contributed by atoms with E-state index >= 15 is 0 Å². The molecular weight excluding hydrogens is 276 g/mol. The molecule has 2 amide bonds. The van der Waals surface area contributed by atoms with E-state index in [-0.39, 0.29) is 6.03 Å². The van der Waals surface area contributed by atoms with E-state index in [0.717, 1.165) is 11.0 Å². The van der Waals surface area contributed by atoms with Gasteiger partial charge in [-0.25, -0.2) is 19.9 Å². The van der Waals surface area contributed by atoms with Gasteiger partial charge in [0.1, 0.15) is 6.33 Å². The van der Waals surface area contributed by atoms with Crippen LogP contribution in [0.15, 0.2) is 54.9 Å². The summed E-state index contributed by atoms with van der Waals surface area (Å²) in [4.78, 5) is 16.1. The van der Waals surface area contributed by atoms with Gasteiger partial charge in [0.15, 0.2) is 0 Å². The summed E-state index contributed by atoms with van der Waals surface area (Å²) in [5.41, 5.74) is 5.01. The van der Waals surface area contributed by atoms with Crippen LogP contribution >= 0.6 is 11.6 Å². The fraction of sp³-hybridized carbons (Fsp3) is 0. The maximum atomic E-state index is 11.9. The Morgan fingerprint density at radius 3 is 2.65 bits per heavy atom. The van der Waals surface area contributed by atoms with Crippen LogP contribution in [-0.4, -0.2) is 15.7 Å². The lowest BCUT2D eigenvalue weighted by Gasteiger charge is -2.08. The summed E-state index contributed by atoms with van der Waals surface area (Å²) in [5.74, 6) is 0. The molecule has 0 fully saturated rings. The van der Waals surface area contributed by atoms with Gasteiger partial charge in [0.2, 0.25) is 0 Å². The molecule has 1 aromatic heterocycles. The molecule has 0 bridgehead atoms. The van der Waals surface area contributed by atoms with Crippen LogP contribution in [0.25, 0.3) is 11.0 Å². The molecule has 5 nitrogen and oxygen atoms in total. The van der Waals surface area contributed by atoms with Crippen LogP contribution in [0.4, 0.5) is 10.5 Å². The maximum Gasteiger partial charge on any atom is 0.338 e. The van der Waals surface area contributed by atoms with Crippen LogP contribution < -0.4 is 10.7 Å². The number of nitrogens with zero attached hydrogens (tertiary/aromatic N) is 2. The van der Waals surface area contributed by atoms with Crippen LogP contribution in [0.1, 0.15) is 0 Å². The number of hydrogen-bond donors (Lipinski definition) is 2. The highest BCUT2D eigenvalue weighted by Gasteiger charge is 2.05. The third-order valence-electron chi connectivity index (χ3n) is 2.78. The standard InChI is InChI=1S/C14H11ClN4O/c15-10-5-7-11(8-6-10)17-14(20)18-19-9-16-12-3-1-2-4-13(12)19/h1-9H,(H2,17,18,20). The van der Waals surface area contributed by atoms with E-state index in [1.165, 1.54) is 0 Å². The molecule has 0 saturated heterocycles. The van der Waals surface area contributed by atoms with Crippen molar-refractivity contribution in [1.29, 1.82) is 0 Å². The molecule has 2 aromatic carbocycles. The molecule has 3 rings (SSSR count). The first-order chi connectivity index (χ1) is 9.72. The lowest BCUT2D eigenvalue weighted by molar-refractivity contribution is 0.260. The average molecular weight is 287 g/mol. The number of carbonyl (C=O) groups excluding carboxylic acids is 1. The van der Waals surface area contributed by atoms with Crippen molar-refractivity contribution in [3.8, 4) is 0 Å². The van der Waals surface area contributed by atoms with Crippen molar-refractivity contribution in [2.24, 2.45) is 0 Å². The lowest BCUT2D eigenvalue weighted by atomic mass is 10.3. The van der Waals surface area contributed by atoms with E-state index in [1.54, 1.807) is 35.3 Å². The Bertz CT molecular complexity index is 751. The summed E-state index contributed by atoms with van der Waals surface area (Å²) in [6.45, 7) is 0. The molecule has 3 aromatic rings. The molecule has 6 heteroatoms. The van der Waals surface area contributed by atoms with Crippen LogP contribution in [0, 0.1) is 0 Å². The first-order valence-electron chi connectivity index (χ1n) is 5.98. The summed E-state index contributed by atoms with van der Waals surface area (Å²) in [6.07, 6.45) is 1.56. The van der Waals surface area contributed by atoms with Gasteiger partial charge < -0.3 is 5.32 Å². The van der Waals surface area contributed by atoms with Gasteiger partial charge in [-0.1, -0.05) is 23.7 Å². The molecule has 100 valence electrons. The zero-order chi connectivity index (χ0) is 13.9. The summed E-state index contributed by atoms with van der Waals surface area (Å²) < 4.78 is 1.57. The second-order valence-corrected chi connectivity index (χ2v) is 4.61. The minimum atomic E-state index is -0.351. The fourth-order valence-corrected chi connectivity index (χ4v) is 1.98. The molecule has 0 aliphatic rings. The Labute approximate surface area is 120 Å². The van der Waals surface area contributed by atoms with E-state index in [4.69, 9.17) is 11.6 Å². The molecule has 0 saturated carbocycles. The third-order valence-corrected chi connectivity index (χ3v) is 3.03. The van der Waals surface area contributed by atoms with E-state index in [2.05, 4.69) is 15.7 Å². The van der Waals surface area contributed by atoms with Crippen molar-refractivity contribution < 1.29 is 4.79 Å². The van der Waals surface area contributed by atoms with E-state index in [9.17, 15) is 4.79 Å². The van der Waals surface area contributed by atoms with E-state index in [0.29, 0.717) is 10.7 Å². The van der Waals surface area contributed by atoms with Gasteiger partial charge in [-0.05, 0) is 36.4 Å². The number of carbonyl (C=O) groups is 1. The van der Waals surface area contributed by atoms with Crippen molar-refractivity contribution in [2.75, 3.05) is 10.7 Å². The number of imidazole rings is 1. The van der Waals surface area contributed by atoms with Crippen molar-refractivity contribution in [3.05, 3.63) is 59.9 Å². The number of anilines is 1. The Balaban J connectivity index is 1.74. The van der Waals surface area contributed by atoms with Crippen LogP contribution in [0.5, 0.6) is 0 Å². The number of aromatic nitrogens is 2. The number of fused-ring (bicyclic) bond motifs is 1.